The Bertz CT molecular complexity index is 1220. The first-order valence-corrected chi connectivity index (χ1v) is 11.3. The second-order valence-electron chi connectivity index (χ2n) is 7.51. The predicted molar refractivity (Wildman–Crippen MR) is 133 cm³/mol. The molecule has 0 spiro atoms. The van der Waals surface area contributed by atoms with Gasteiger partial charge in [-0.15, -0.1) is 0 Å². The van der Waals surface area contributed by atoms with Gasteiger partial charge in [0.25, 0.3) is 5.91 Å². The van der Waals surface area contributed by atoms with E-state index >= 15 is 0 Å². The van der Waals surface area contributed by atoms with E-state index in [0.717, 1.165) is 11.1 Å². The fraction of sp³-hybridized carbons (Fsp3) is 0.154. The van der Waals surface area contributed by atoms with E-state index in [2.05, 4.69) is 10.3 Å². The van der Waals surface area contributed by atoms with Gasteiger partial charge in [-0.2, -0.15) is 0 Å². The molecule has 1 atom stereocenters. The van der Waals surface area contributed by atoms with E-state index in [1.54, 1.807) is 31.2 Å². The Labute approximate surface area is 212 Å². The molecule has 0 unspecified atom stereocenters. The van der Waals surface area contributed by atoms with E-state index in [-0.39, 0.29) is 11.4 Å². The summed E-state index contributed by atoms with van der Waals surface area (Å²) in [6.45, 7) is 4.34. The first kappa shape index (κ1) is 25.9. The number of benzene rings is 2. The number of hydrogen-bond acceptors (Lipinski definition) is 6. The molecule has 3 aromatic rings. The molecule has 3 rings (SSSR count). The molecule has 0 aliphatic heterocycles. The summed E-state index contributed by atoms with van der Waals surface area (Å²) in [6, 6.07) is 16.1. The van der Waals surface area contributed by atoms with Gasteiger partial charge in [0, 0.05) is 28.7 Å². The molecule has 0 radical (unpaired) electrons. The molecular weight excluding hydrogens is 491 g/mol. The van der Waals surface area contributed by atoms with Crippen molar-refractivity contribution in [2.24, 2.45) is 0 Å². The van der Waals surface area contributed by atoms with Crippen LogP contribution in [0.25, 0.3) is 5.57 Å². The van der Waals surface area contributed by atoms with Crippen LogP contribution >= 0.6 is 23.2 Å². The van der Waals surface area contributed by atoms with Gasteiger partial charge in [-0.1, -0.05) is 47.5 Å². The summed E-state index contributed by atoms with van der Waals surface area (Å²) in [5, 5.41) is 3.66. The molecule has 1 N–H and O–H groups in total. The van der Waals surface area contributed by atoms with Gasteiger partial charge in [0.05, 0.1) is 0 Å². The zero-order valence-electron chi connectivity index (χ0n) is 19.2. The number of ether oxygens (including phenoxy) is 2. The maximum absolute atomic E-state index is 12.8. The lowest BCUT2D eigenvalue weighted by Gasteiger charge is -2.17. The lowest BCUT2D eigenvalue weighted by Crippen LogP contribution is -2.40. The zero-order chi connectivity index (χ0) is 25.5. The van der Waals surface area contributed by atoms with Gasteiger partial charge in [-0.25, -0.2) is 9.78 Å². The summed E-state index contributed by atoms with van der Waals surface area (Å²) in [6.07, 6.45) is 1.38. The number of allylic oxidation sites excluding steroid dienone is 1. The zero-order valence-corrected chi connectivity index (χ0v) is 20.7. The Morgan fingerprint density at radius 2 is 1.43 bits per heavy atom. The van der Waals surface area contributed by atoms with E-state index in [9.17, 15) is 14.4 Å². The molecule has 9 heteroatoms. The van der Waals surface area contributed by atoms with Crippen molar-refractivity contribution >= 4 is 46.6 Å². The number of aromatic nitrogens is 1. The van der Waals surface area contributed by atoms with Crippen molar-refractivity contribution in [2.45, 2.75) is 26.8 Å². The van der Waals surface area contributed by atoms with Crippen LogP contribution in [0.2, 0.25) is 10.0 Å². The number of rotatable bonds is 7. The molecule has 2 aromatic carbocycles. The number of pyridine rings is 1. The third-order valence-electron chi connectivity index (χ3n) is 4.81. The standard InChI is InChI=1S/C26H22Cl2N2O5/c1-15(30-25(32)24-22(35-17(3)31)5-4-14-29-24)26(33)34-16(2)23(18-6-10-20(27)11-7-18)19-8-12-21(28)13-9-19/h4-15H,1-3H3,(H,30,32)/t15-/m0/s1. The smallest absolute Gasteiger partial charge is 0.333 e. The highest BCUT2D eigenvalue weighted by molar-refractivity contribution is 6.31. The fourth-order valence-electron chi connectivity index (χ4n) is 3.22. The minimum atomic E-state index is -1.03. The highest BCUT2D eigenvalue weighted by atomic mass is 35.5. The van der Waals surface area contributed by atoms with Gasteiger partial charge in [-0.3, -0.25) is 9.59 Å². The molecule has 1 amide bonds. The van der Waals surface area contributed by atoms with Gasteiger partial charge in [0.1, 0.15) is 11.8 Å². The van der Waals surface area contributed by atoms with Crippen molar-refractivity contribution in [3.63, 3.8) is 0 Å². The predicted octanol–water partition coefficient (Wildman–Crippen LogP) is 5.45. The second-order valence-corrected chi connectivity index (χ2v) is 8.38. The lowest BCUT2D eigenvalue weighted by atomic mass is 9.97. The van der Waals surface area contributed by atoms with Crippen LogP contribution in [-0.2, 0) is 14.3 Å². The van der Waals surface area contributed by atoms with E-state index in [1.165, 1.54) is 32.2 Å². The number of amides is 1. The summed E-state index contributed by atoms with van der Waals surface area (Å²) >= 11 is 12.1. The third-order valence-corrected chi connectivity index (χ3v) is 5.32. The monoisotopic (exact) mass is 512 g/mol. The molecule has 0 bridgehead atoms. The summed E-state index contributed by atoms with van der Waals surface area (Å²) < 4.78 is 10.6. The molecule has 0 saturated heterocycles. The largest absolute Gasteiger partial charge is 0.429 e. The number of carbonyl (C=O) groups is 3. The average Bonchev–Trinajstić information content (AvgIpc) is 2.81. The van der Waals surface area contributed by atoms with Gasteiger partial charge in [-0.05, 0) is 61.4 Å². The first-order chi connectivity index (χ1) is 16.7. The Morgan fingerprint density at radius 3 is 1.94 bits per heavy atom. The Kier molecular flexibility index (Phi) is 8.63. The summed E-state index contributed by atoms with van der Waals surface area (Å²) in [5.74, 6) is -1.68. The second kappa shape index (κ2) is 11.6. The van der Waals surface area contributed by atoms with Crippen LogP contribution in [0.15, 0.2) is 72.6 Å². The molecular formula is C26H22Cl2N2O5. The van der Waals surface area contributed by atoms with Crippen LogP contribution in [0, 0.1) is 0 Å². The maximum atomic E-state index is 12.8. The number of carbonyl (C=O) groups excluding carboxylic acids is 3. The van der Waals surface area contributed by atoms with Gasteiger partial charge >= 0.3 is 11.9 Å². The van der Waals surface area contributed by atoms with E-state index in [0.29, 0.717) is 21.4 Å². The molecule has 0 fully saturated rings. The van der Waals surface area contributed by atoms with Crippen LogP contribution < -0.4 is 10.1 Å². The molecule has 1 heterocycles. The van der Waals surface area contributed by atoms with Crippen LogP contribution in [-0.4, -0.2) is 28.9 Å². The van der Waals surface area contributed by atoms with Crippen molar-refractivity contribution < 1.29 is 23.9 Å². The minimum Gasteiger partial charge on any atom is -0.429 e. The Balaban J connectivity index is 1.83. The number of nitrogens with zero attached hydrogens (tertiary/aromatic N) is 1. The Hall–Kier alpha value is -3.68. The summed E-state index contributed by atoms with van der Waals surface area (Å²) in [7, 11) is 0. The van der Waals surface area contributed by atoms with Crippen LogP contribution in [0.5, 0.6) is 5.75 Å². The maximum Gasteiger partial charge on any atom is 0.333 e. The van der Waals surface area contributed by atoms with E-state index in [1.807, 2.05) is 24.3 Å². The van der Waals surface area contributed by atoms with Gasteiger partial charge < -0.3 is 14.8 Å². The molecule has 7 nitrogen and oxygen atoms in total. The van der Waals surface area contributed by atoms with Crippen molar-refractivity contribution in [3.05, 3.63) is 99.5 Å². The van der Waals surface area contributed by atoms with Crippen molar-refractivity contribution in [2.75, 3.05) is 0 Å². The normalized spacial score (nSPS) is 11.2. The van der Waals surface area contributed by atoms with Gasteiger partial charge in [0.2, 0.25) is 0 Å². The SMILES string of the molecule is CC(=O)Oc1cccnc1C(=O)N[C@@H](C)C(=O)OC(C)=C(c1ccc(Cl)cc1)c1ccc(Cl)cc1. The highest BCUT2D eigenvalue weighted by Crippen LogP contribution is 2.29. The molecule has 0 aliphatic carbocycles. The van der Waals surface area contributed by atoms with Crippen molar-refractivity contribution in [3.8, 4) is 5.75 Å². The van der Waals surface area contributed by atoms with Gasteiger partial charge in [0.15, 0.2) is 11.4 Å². The fourth-order valence-corrected chi connectivity index (χ4v) is 3.47. The first-order valence-electron chi connectivity index (χ1n) is 10.5. The molecule has 35 heavy (non-hydrogen) atoms. The van der Waals surface area contributed by atoms with Crippen LogP contribution in [0.3, 0.4) is 0 Å². The van der Waals surface area contributed by atoms with Crippen LogP contribution in [0.4, 0.5) is 0 Å². The number of nitrogens with one attached hydrogen (secondary N) is 1. The molecule has 1 aromatic heterocycles. The van der Waals surface area contributed by atoms with E-state index in [4.69, 9.17) is 32.7 Å². The Morgan fingerprint density at radius 1 is 0.886 bits per heavy atom. The van der Waals surface area contributed by atoms with Crippen LogP contribution in [0.1, 0.15) is 42.4 Å². The summed E-state index contributed by atoms with van der Waals surface area (Å²) in [4.78, 5) is 40.8. The summed E-state index contributed by atoms with van der Waals surface area (Å²) in [5.41, 5.74) is 2.08. The highest BCUT2D eigenvalue weighted by Gasteiger charge is 2.23. The number of esters is 2. The third kappa shape index (κ3) is 6.91. The average molecular weight is 513 g/mol. The van der Waals surface area contributed by atoms with E-state index < -0.39 is 23.9 Å². The number of halogens is 2. The van der Waals surface area contributed by atoms with Crippen molar-refractivity contribution in [1.82, 2.24) is 10.3 Å². The quantitative estimate of drug-likeness (QED) is 0.333. The minimum absolute atomic E-state index is 0.0121. The lowest BCUT2D eigenvalue weighted by molar-refractivity contribution is -0.141. The topological polar surface area (TPSA) is 94.6 Å². The molecule has 0 saturated carbocycles. The molecule has 0 aliphatic rings. The number of hydrogen-bond donors (Lipinski definition) is 1. The molecule has 180 valence electrons. The van der Waals surface area contributed by atoms with Crippen molar-refractivity contribution in [1.29, 1.82) is 0 Å².